The van der Waals surface area contributed by atoms with Gasteiger partial charge in [-0.15, -0.1) is 6.42 Å². The van der Waals surface area contributed by atoms with Crippen LogP contribution in [0, 0.1) is 25.2 Å². The van der Waals surface area contributed by atoms with E-state index in [9.17, 15) is 9.59 Å². The number of nitrogens with zero attached hydrogens (tertiary/aromatic N) is 1. The van der Waals surface area contributed by atoms with Crippen LogP contribution >= 0.6 is 0 Å². The van der Waals surface area contributed by atoms with E-state index in [2.05, 4.69) is 28.5 Å². The Morgan fingerprint density at radius 2 is 2.03 bits per heavy atom. The molecule has 2 aliphatic rings. The van der Waals surface area contributed by atoms with Crippen molar-refractivity contribution in [2.24, 2.45) is 5.92 Å². The smallest absolute Gasteiger partial charge is 0.255 e. The van der Waals surface area contributed by atoms with Crippen molar-refractivity contribution in [2.75, 3.05) is 19.0 Å². The number of anilines is 1. The van der Waals surface area contributed by atoms with E-state index < -0.39 is 5.92 Å². The topological polar surface area (TPSA) is 89.5 Å². The average Bonchev–Trinajstić information content (AvgIpc) is 2.82. The maximum absolute atomic E-state index is 13.6. The van der Waals surface area contributed by atoms with Gasteiger partial charge in [0.2, 0.25) is 0 Å². The van der Waals surface area contributed by atoms with Crippen LogP contribution in [0.5, 0.6) is 11.5 Å². The van der Waals surface area contributed by atoms with Crippen LogP contribution in [0.25, 0.3) is 0 Å². The van der Waals surface area contributed by atoms with Crippen LogP contribution < -0.4 is 20.1 Å². The van der Waals surface area contributed by atoms with E-state index >= 15 is 0 Å². The number of rotatable bonds is 6. The lowest BCUT2D eigenvalue weighted by molar-refractivity contribution is -0.117. The number of aromatic nitrogens is 1. The van der Waals surface area contributed by atoms with Crippen molar-refractivity contribution in [1.82, 2.24) is 10.3 Å². The van der Waals surface area contributed by atoms with Crippen molar-refractivity contribution in [1.29, 1.82) is 0 Å². The molecule has 0 saturated heterocycles. The van der Waals surface area contributed by atoms with Gasteiger partial charge in [-0.25, -0.2) is 4.98 Å². The number of nitrogens with one attached hydrogen (secondary N) is 2. The van der Waals surface area contributed by atoms with Crippen LogP contribution in [0.2, 0.25) is 0 Å². The number of amides is 1. The number of terminal acetylenes is 1. The number of pyridine rings is 1. The predicted octanol–water partition coefficient (Wildman–Crippen LogP) is 4.26. The number of methoxy groups -OCH3 is 1. The molecule has 1 aliphatic carbocycles. The van der Waals surface area contributed by atoms with Crippen LogP contribution in [-0.4, -0.2) is 30.4 Å². The monoisotopic (exact) mass is 471 g/mol. The Kier molecular flexibility index (Phi) is 6.92. The standard InChI is InChI=1S/C28H29N3O4/c1-6-11-35-22-9-8-19(14-23(22)34-5)26-25(28(33)31-24-10-7-16(2)15-29-24)18(4)30-20-12-17(3)13-21(32)27(20)26/h1,7-10,14-15,17,26,30H,11-13H2,2-5H3,(H,29,31,33). The van der Waals surface area contributed by atoms with Gasteiger partial charge in [0.05, 0.1) is 7.11 Å². The summed E-state index contributed by atoms with van der Waals surface area (Å²) < 4.78 is 11.1. The SMILES string of the molecule is C#CCOc1ccc(C2C(C(=O)Nc3ccc(C)cn3)=C(C)NC3=C2C(=O)CC(C)C3)cc1OC. The summed E-state index contributed by atoms with van der Waals surface area (Å²) in [5.74, 6) is 3.24. The fraction of sp³-hybridized carbons (Fsp3) is 0.321. The number of dihydropyridines is 1. The van der Waals surface area contributed by atoms with Crippen molar-refractivity contribution in [3.63, 3.8) is 0 Å². The molecule has 0 fully saturated rings. The van der Waals surface area contributed by atoms with Crippen molar-refractivity contribution in [2.45, 2.75) is 39.5 Å². The molecule has 2 N–H and O–H groups in total. The molecule has 7 nitrogen and oxygen atoms in total. The predicted molar refractivity (Wildman–Crippen MR) is 134 cm³/mol. The van der Waals surface area contributed by atoms with Crippen molar-refractivity contribution in [3.8, 4) is 23.8 Å². The lowest BCUT2D eigenvalue weighted by Crippen LogP contribution is -2.37. The second-order valence-corrected chi connectivity index (χ2v) is 9.00. The number of ketones is 1. The molecule has 1 aromatic heterocycles. The van der Waals surface area contributed by atoms with E-state index in [1.54, 1.807) is 25.4 Å². The van der Waals surface area contributed by atoms with E-state index in [1.165, 1.54) is 0 Å². The number of benzene rings is 1. The molecule has 0 radical (unpaired) electrons. The first-order valence-electron chi connectivity index (χ1n) is 11.5. The number of hydrogen-bond acceptors (Lipinski definition) is 6. The van der Waals surface area contributed by atoms with E-state index in [0.29, 0.717) is 40.6 Å². The average molecular weight is 472 g/mol. The third kappa shape index (κ3) is 4.92. The molecule has 2 atom stereocenters. The Morgan fingerprint density at radius 1 is 1.23 bits per heavy atom. The van der Waals surface area contributed by atoms with Gasteiger partial charge in [-0.2, -0.15) is 0 Å². The minimum Gasteiger partial charge on any atom is -0.493 e. The van der Waals surface area contributed by atoms with E-state index in [1.807, 2.05) is 32.0 Å². The Balaban J connectivity index is 1.80. The second-order valence-electron chi connectivity index (χ2n) is 9.00. The van der Waals surface area contributed by atoms with Crippen LogP contribution in [0.4, 0.5) is 5.82 Å². The number of carbonyl (C=O) groups excluding carboxylic acids is 2. The highest BCUT2D eigenvalue weighted by atomic mass is 16.5. The van der Waals surface area contributed by atoms with Gasteiger partial charge in [0.25, 0.3) is 5.91 Å². The van der Waals surface area contributed by atoms with Crippen LogP contribution in [0.3, 0.4) is 0 Å². The molecule has 0 bridgehead atoms. The van der Waals surface area contributed by atoms with Crippen molar-refractivity contribution < 1.29 is 19.1 Å². The molecule has 1 aliphatic heterocycles. The third-order valence-electron chi connectivity index (χ3n) is 6.26. The zero-order chi connectivity index (χ0) is 25.1. The van der Waals surface area contributed by atoms with Crippen molar-refractivity contribution in [3.05, 3.63) is 70.2 Å². The fourth-order valence-corrected chi connectivity index (χ4v) is 4.70. The van der Waals surface area contributed by atoms with E-state index in [-0.39, 0.29) is 24.2 Å². The largest absolute Gasteiger partial charge is 0.493 e. The zero-order valence-electron chi connectivity index (χ0n) is 20.4. The lowest BCUT2D eigenvalue weighted by atomic mass is 9.73. The van der Waals surface area contributed by atoms with Gasteiger partial charge >= 0.3 is 0 Å². The Hall–Kier alpha value is -4.05. The highest BCUT2D eigenvalue weighted by Crippen LogP contribution is 2.45. The lowest BCUT2D eigenvalue weighted by Gasteiger charge is -2.36. The number of carbonyl (C=O) groups is 2. The molecule has 0 saturated carbocycles. The summed E-state index contributed by atoms with van der Waals surface area (Å²) in [4.78, 5) is 31.2. The van der Waals surface area contributed by atoms with Gasteiger partial charge < -0.3 is 20.1 Å². The Labute approximate surface area is 205 Å². The summed E-state index contributed by atoms with van der Waals surface area (Å²) >= 11 is 0. The first kappa shape index (κ1) is 24.1. The second kappa shape index (κ2) is 10.1. The maximum atomic E-state index is 13.6. The molecule has 7 heteroatoms. The first-order chi connectivity index (χ1) is 16.8. The summed E-state index contributed by atoms with van der Waals surface area (Å²) in [5.41, 5.74) is 4.41. The van der Waals surface area contributed by atoms with Crippen LogP contribution in [0.15, 0.2) is 59.1 Å². The number of ether oxygens (including phenoxy) is 2. The number of hydrogen-bond donors (Lipinski definition) is 2. The highest BCUT2D eigenvalue weighted by Gasteiger charge is 2.40. The normalized spacial score (nSPS) is 19.5. The minimum absolute atomic E-state index is 0.0362. The number of allylic oxidation sites excluding steroid dienone is 3. The third-order valence-corrected chi connectivity index (χ3v) is 6.26. The van der Waals surface area contributed by atoms with Crippen molar-refractivity contribution >= 4 is 17.5 Å². The Bertz CT molecular complexity index is 1270. The molecule has 1 aromatic carbocycles. The minimum atomic E-state index is -0.563. The summed E-state index contributed by atoms with van der Waals surface area (Å²) in [6, 6.07) is 9.06. The quantitative estimate of drug-likeness (QED) is 0.612. The fourth-order valence-electron chi connectivity index (χ4n) is 4.70. The van der Waals surface area contributed by atoms with Crippen LogP contribution in [0.1, 0.15) is 43.7 Å². The number of Topliss-reactive ketones (excluding diaryl/α,β-unsaturated/α-hetero) is 1. The molecule has 1 amide bonds. The summed E-state index contributed by atoms with van der Waals surface area (Å²) in [5, 5.41) is 6.25. The molecule has 35 heavy (non-hydrogen) atoms. The molecule has 2 aromatic rings. The summed E-state index contributed by atoms with van der Waals surface area (Å²) in [6.45, 7) is 5.95. The van der Waals surface area contributed by atoms with Crippen LogP contribution in [-0.2, 0) is 9.59 Å². The van der Waals surface area contributed by atoms with Gasteiger partial charge in [0.15, 0.2) is 17.3 Å². The van der Waals surface area contributed by atoms with Gasteiger partial charge in [-0.1, -0.05) is 25.0 Å². The molecular formula is C28H29N3O4. The summed E-state index contributed by atoms with van der Waals surface area (Å²) in [6.07, 6.45) is 8.20. The molecule has 0 spiro atoms. The molecule has 4 rings (SSSR count). The summed E-state index contributed by atoms with van der Waals surface area (Å²) in [7, 11) is 1.54. The number of aryl methyl sites for hydroxylation is 1. The highest BCUT2D eigenvalue weighted by molar-refractivity contribution is 6.09. The van der Waals surface area contributed by atoms with Gasteiger partial charge in [0, 0.05) is 41.1 Å². The first-order valence-corrected chi connectivity index (χ1v) is 11.5. The van der Waals surface area contributed by atoms with E-state index in [0.717, 1.165) is 23.2 Å². The molecular weight excluding hydrogens is 442 g/mol. The molecule has 180 valence electrons. The zero-order valence-corrected chi connectivity index (χ0v) is 20.4. The Morgan fingerprint density at radius 3 is 2.71 bits per heavy atom. The van der Waals surface area contributed by atoms with E-state index in [4.69, 9.17) is 15.9 Å². The molecule has 2 heterocycles. The molecule has 2 unspecified atom stereocenters. The van der Waals surface area contributed by atoms with Gasteiger partial charge in [-0.05, 0) is 55.5 Å². The van der Waals surface area contributed by atoms with Gasteiger partial charge in [0.1, 0.15) is 12.4 Å². The maximum Gasteiger partial charge on any atom is 0.255 e. The van der Waals surface area contributed by atoms with Gasteiger partial charge in [-0.3, -0.25) is 9.59 Å².